The van der Waals surface area contributed by atoms with Gasteiger partial charge in [-0.2, -0.15) is 0 Å². The van der Waals surface area contributed by atoms with Crippen LogP contribution in [0, 0.1) is 11.3 Å². The van der Waals surface area contributed by atoms with Crippen LogP contribution in [0.5, 0.6) is 0 Å². The lowest BCUT2D eigenvalue weighted by molar-refractivity contribution is -0.106. The maximum absolute atomic E-state index is 5.92. The molecule has 2 saturated heterocycles. The van der Waals surface area contributed by atoms with E-state index in [1.165, 1.54) is 45.2 Å². The van der Waals surface area contributed by atoms with E-state index in [0.29, 0.717) is 24.1 Å². The second-order valence-corrected chi connectivity index (χ2v) is 8.70. The summed E-state index contributed by atoms with van der Waals surface area (Å²) in [6.45, 7) is 11.0. The molecule has 4 rings (SSSR count). The fraction of sp³-hybridized carbons (Fsp3) is 0.947. The number of nitrogens with zero attached hydrogens (tertiary/aromatic N) is 2. The van der Waals surface area contributed by atoms with Crippen LogP contribution in [-0.2, 0) is 4.74 Å². The van der Waals surface area contributed by atoms with E-state index in [0.717, 1.165) is 25.2 Å². The van der Waals surface area contributed by atoms with Gasteiger partial charge in [0, 0.05) is 55.7 Å². The quantitative estimate of drug-likeness (QED) is 0.383. The molecule has 2 heterocycles. The van der Waals surface area contributed by atoms with E-state index in [2.05, 4.69) is 36.3 Å². The van der Waals surface area contributed by atoms with Crippen molar-refractivity contribution in [3.8, 4) is 0 Å². The molecule has 0 aromatic heterocycles. The first-order valence-electron chi connectivity index (χ1n) is 10.0. The smallest absolute Gasteiger partial charge is 0.191 e. The molecular weight excluding hydrogens is 427 g/mol. The molecule has 4 aliphatic rings. The summed E-state index contributed by atoms with van der Waals surface area (Å²) in [5.41, 5.74) is 0.201. The Morgan fingerprint density at radius 3 is 2.48 bits per heavy atom. The first-order chi connectivity index (χ1) is 11.6. The molecule has 0 amide bonds. The van der Waals surface area contributed by atoms with Crippen molar-refractivity contribution in [3.05, 3.63) is 0 Å². The zero-order chi connectivity index (χ0) is 16.7. The Balaban J connectivity index is 0.00000182. The Morgan fingerprint density at radius 1 is 1.12 bits per heavy atom. The van der Waals surface area contributed by atoms with Crippen molar-refractivity contribution in [1.29, 1.82) is 0 Å². The zero-order valence-corrected chi connectivity index (χ0v) is 18.3. The molecule has 0 aromatic carbocycles. The number of fused-ring (bicyclic) bond motifs is 1. The molecule has 6 heteroatoms. The summed E-state index contributed by atoms with van der Waals surface area (Å²) in [7, 11) is 0. The van der Waals surface area contributed by atoms with Crippen LogP contribution in [0.1, 0.15) is 52.9 Å². The number of hydrogen-bond acceptors (Lipinski definition) is 3. The minimum absolute atomic E-state index is 0. The molecule has 3 atom stereocenters. The van der Waals surface area contributed by atoms with Crippen molar-refractivity contribution in [2.45, 2.75) is 77.1 Å². The predicted molar refractivity (Wildman–Crippen MR) is 113 cm³/mol. The number of likely N-dealkylation sites (tertiary alicyclic amines) is 1. The van der Waals surface area contributed by atoms with Crippen molar-refractivity contribution in [1.82, 2.24) is 15.5 Å². The van der Waals surface area contributed by atoms with Crippen LogP contribution >= 0.6 is 24.0 Å². The van der Waals surface area contributed by atoms with Crippen LogP contribution in [0.15, 0.2) is 4.99 Å². The number of nitrogens with one attached hydrogen (secondary N) is 2. The highest BCUT2D eigenvalue weighted by Gasteiger charge is 2.59. The fourth-order valence-electron chi connectivity index (χ4n) is 5.10. The van der Waals surface area contributed by atoms with Crippen LogP contribution in [0.3, 0.4) is 0 Å². The van der Waals surface area contributed by atoms with E-state index in [4.69, 9.17) is 9.73 Å². The molecule has 5 nitrogen and oxygen atoms in total. The molecule has 0 aromatic rings. The van der Waals surface area contributed by atoms with Crippen LogP contribution in [0.4, 0.5) is 0 Å². The SMILES string of the molecule is CCN=C(NC1CCN(C2CC2)CC1)NC1C2CCOC2C1(C)C.I. The van der Waals surface area contributed by atoms with Gasteiger partial charge in [-0.25, -0.2) is 0 Å². The molecule has 3 unspecified atom stereocenters. The van der Waals surface area contributed by atoms with Crippen LogP contribution in [-0.4, -0.2) is 61.3 Å². The summed E-state index contributed by atoms with van der Waals surface area (Å²) < 4.78 is 5.92. The Hall–Kier alpha value is -0.0800. The lowest BCUT2D eigenvalue weighted by atomic mass is 9.57. The molecular formula is C19H35IN4O. The Kier molecular flexibility index (Phi) is 6.21. The standard InChI is InChI=1S/C19H34N4O.HI/c1-4-20-18(21-13-7-10-23(11-8-13)14-5-6-14)22-16-15-9-12-24-17(15)19(16,2)3;/h13-17H,4-12H2,1-3H3,(H2,20,21,22);1H. The summed E-state index contributed by atoms with van der Waals surface area (Å²) in [5, 5.41) is 7.48. The maximum atomic E-state index is 5.92. The summed E-state index contributed by atoms with van der Waals surface area (Å²) >= 11 is 0. The third-order valence-corrected chi connectivity index (χ3v) is 6.64. The number of aliphatic imine (C=N–C) groups is 1. The van der Waals surface area contributed by atoms with Crippen molar-refractivity contribution in [2.75, 3.05) is 26.2 Å². The van der Waals surface area contributed by atoms with Gasteiger partial charge >= 0.3 is 0 Å². The van der Waals surface area contributed by atoms with Gasteiger partial charge in [0.2, 0.25) is 0 Å². The van der Waals surface area contributed by atoms with E-state index in [9.17, 15) is 0 Å². The third kappa shape index (κ3) is 3.95. The third-order valence-electron chi connectivity index (χ3n) is 6.64. The van der Waals surface area contributed by atoms with Gasteiger partial charge in [0.25, 0.3) is 0 Å². The average molecular weight is 462 g/mol. The number of piperidine rings is 1. The highest BCUT2D eigenvalue weighted by Crippen LogP contribution is 2.52. The highest BCUT2D eigenvalue weighted by atomic mass is 127. The Labute approximate surface area is 169 Å². The molecule has 2 saturated carbocycles. The summed E-state index contributed by atoms with van der Waals surface area (Å²) in [6.07, 6.45) is 6.94. The minimum Gasteiger partial charge on any atom is -0.377 e. The highest BCUT2D eigenvalue weighted by molar-refractivity contribution is 14.0. The average Bonchev–Trinajstić information content (AvgIpc) is 3.31. The lowest BCUT2D eigenvalue weighted by Gasteiger charge is -2.55. The van der Waals surface area contributed by atoms with Gasteiger partial charge < -0.3 is 20.3 Å². The van der Waals surface area contributed by atoms with Crippen molar-refractivity contribution in [3.63, 3.8) is 0 Å². The second kappa shape index (κ2) is 7.89. The van der Waals surface area contributed by atoms with Crippen LogP contribution < -0.4 is 10.6 Å². The van der Waals surface area contributed by atoms with Gasteiger partial charge in [0.15, 0.2) is 5.96 Å². The molecule has 2 N–H and O–H groups in total. The van der Waals surface area contributed by atoms with Gasteiger partial charge in [0.1, 0.15) is 0 Å². The number of guanidine groups is 1. The van der Waals surface area contributed by atoms with Crippen molar-refractivity contribution in [2.24, 2.45) is 16.3 Å². The number of hydrogen-bond donors (Lipinski definition) is 2. The van der Waals surface area contributed by atoms with E-state index in [-0.39, 0.29) is 29.4 Å². The Morgan fingerprint density at radius 2 is 1.84 bits per heavy atom. The predicted octanol–water partition coefficient (Wildman–Crippen LogP) is 2.60. The Bertz CT molecular complexity index is 486. The molecule has 0 spiro atoms. The fourth-order valence-corrected chi connectivity index (χ4v) is 5.10. The topological polar surface area (TPSA) is 48.9 Å². The van der Waals surface area contributed by atoms with Crippen LogP contribution in [0.25, 0.3) is 0 Å². The van der Waals surface area contributed by atoms with E-state index in [1.807, 2.05) is 0 Å². The molecule has 25 heavy (non-hydrogen) atoms. The van der Waals surface area contributed by atoms with Gasteiger partial charge in [-0.3, -0.25) is 4.99 Å². The van der Waals surface area contributed by atoms with Crippen molar-refractivity contribution < 1.29 is 4.74 Å². The molecule has 2 aliphatic carbocycles. The van der Waals surface area contributed by atoms with Gasteiger partial charge in [0.05, 0.1) is 6.10 Å². The van der Waals surface area contributed by atoms with Crippen LogP contribution in [0.2, 0.25) is 0 Å². The summed E-state index contributed by atoms with van der Waals surface area (Å²) in [6, 6.07) is 1.95. The van der Waals surface area contributed by atoms with Gasteiger partial charge in [-0.05, 0) is 39.0 Å². The molecule has 144 valence electrons. The normalized spacial score (nSPS) is 35.5. The first kappa shape index (κ1) is 19.7. The maximum Gasteiger partial charge on any atom is 0.191 e. The van der Waals surface area contributed by atoms with E-state index >= 15 is 0 Å². The molecule has 4 fully saturated rings. The first-order valence-corrected chi connectivity index (χ1v) is 10.0. The number of rotatable bonds is 4. The van der Waals surface area contributed by atoms with E-state index < -0.39 is 0 Å². The van der Waals surface area contributed by atoms with Crippen molar-refractivity contribution >= 4 is 29.9 Å². The van der Waals surface area contributed by atoms with Gasteiger partial charge in [-0.15, -0.1) is 24.0 Å². The monoisotopic (exact) mass is 462 g/mol. The largest absolute Gasteiger partial charge is 0.377 e. The molecule has 0 bridgehead atoms. The zero-order valence-electron chi connectivity index (χ0n) is 16.0. The molecule has 2 aliphatic heterocycles. The minimum atomic E-state index is 0. The summed E-state index contributed by atoms with van der Waals surface area (Å²) in [4.78, 5) is 7.40. The van der Waals surface area contributed by atoms with Gasteiger partial charge in [-0.1, -0.05) is 13.8 Å². The lowest BCUT2D eigenvalue weighted by Crippen LogP contribution is -2.68. The van der Waals surface area contributed by atoms with E-state index in [1.54, 1.807) is 0 Å². The number of halogens is 1. The summed E-state index contributed by atoms with van der Waals surface area (Å²) in [5.74, 6) is 1.67. The second-order valence-electron chi connectivity index (χ2n) is 8.70. The number of ether oxygens (including phenoxy) is 1. The molecule has 0 radical (unpaired) electrons.